The molecule has 2 heterocycles. The van der Waals surface area contributed by atoms with E-state index in [0.29, 0.717) is 0 Å². The second-order valence-corrected chi connectivity index (χ2v) is 5.20. The standard InChI is InChI=1S/C14H19N3O/c1-2-14(6-3-7-15-9-14)13-16-11-5-4-10(18)8-12(11)17-13/h4-5,8,15,18H,2-3,6-7,9H2,1H3,(H,16,17). The minimum Gasteiger partial charge on any atom is -0.508 e. The first-order valence-corrected chi connectivity index (χ1v) is 6.63. The first-order valence-electron chi connectivity index (χ1n) is 6.63. The minimum absolute atomic E-state index is 0.118. The predicted octanol–water partition coefficient (Wildman–Crippen LogP) is 2.30. The number of aromatic amines is 1. The maximum atomic E-state index is 9.51. The fourth-order valence-corrected chi connectivity index (χ4v) is 2.89. The van der Waals surface area contributed by atoms with Gasteiger partial charge in [0, 0.05) is 18.0 Å². The van der Waals surface area contributed by atoms with Crippen LogP contribution in [-0.4, -0.2) is 28.2 Å². The van der Waals surface area contributed by atoms with Crippen molar-refractivity contribution in [1.29, 1.82) is 0 Å². The lowest BCUT2D eigenvalue weighted by atomic mass is 9.77. The average molecular weight is 245 g/mol. The lowest BCUT2D eigenvalue weighted by Crippen LogP contribution is -2.43. The van der Waals surface area contributed by atoms with Crippen molar-refractivity contribution in [1.82, 2.24) is 15.3 Å². The molecule has 3 rings (SSSR count). The minimum atomic E-state index is 0.118. The Bertz CT molecular complexity index is 555. The molecule has 1 atom stereocenters. The van der Waals surface area contributed by atoms with E-state index in [4.69, 9.17) is 4.98 Å². The molecule has 0 spiro atoms. The van der Waals surface area contributed by atoms with Crippen molar-refractivity contribution in [2.45, 2.75) is 31.6 Å². The van der Waals surface area contributed by atoms with Gasteiger partial charge in [-0.05, 0) is 37.9 Å². The van der Waals surface area contributed by atoms with Gasteiger partial charge in [0.15, 0.2) is 0 Å². The number of imidazole rings is 1. The van der Waals surface area contributed by atoms with Crippen LogP contribution in [0.15, 0.2) is 18.2 Å². The molecule has 1 aromatic carbocycles. The molecular weight excluding hydrogens is 226 g/mol. The molecule has 3 N–H and O–H groups in total. The largest absolute Gasteiger partial charge is 0.508 e. The number of phenols is 1. The molecule has 1 unspecified atom stereocenters. The highest BCUT2D eigenvalue weighted by Crippen LogP contribution is 2.34. The number of hydrogen-bond donors (Lipinski definition) is 3. The van der Waals surface area contributed by atoms with E-state index in [1.165, 1.54) is 12.8 Å². The number of benzene rings is 1. The third-order valence-electron chi connectivity index (χ3n) is 4.12. The maximum Gasteiger partial charge on any atom is 0.117 e. The Kier molecular flexibility index (Phi) is 2.74. The molecule has 1 saturated heterocycles. The number of hydrogen-bond acceptors (Lipinski definition) is 3. The summed E-state index contributed by atoms with van der Waals surface area (Å²) in [7, 11) is 0. The Labute approximate surface area is 106 Å². The predicted molar refractivity (Wildman–Crippen MR) is 71.8 cm³/mol. The summed E-state index contributed by atoms with van der Waals surface area (Å²) in [4.78, 5) is 8.10. The number of phenolic OH excluding ortho intramolecular Hbond substituents is 1. The molecule has 96 valence electrons. The number of nitrogens with zero attached hydrogens (tertiary/aromatic N) is 1. The molecule has 18 heavy (non-hydrogen) atoms. The first-order chi connectivity index (χ1) is 8.73. The van der Waals surface area contributed by atoms with E-state index < -0.39 is 0 Å². The molecule has 0 amide bonds. The van der Waals surface area contributed by atoms with E-state index in [2.05, 4.69) is 17.2 Å². The molecule has 2 aromatic rings. The van der Waals surface area contributed by atoms with Gasteiger partial charge in [0.25, 0.3) is 0 Å². The Morgan fingerprint density at radius 3 is 3.06 bits per heavy atom. The second kappa shape index (κ2) is 4.28. The summed E-state index contributed by atoms with van der Waals surface area (Å²) >= 11 is 0. The van der Waals surface area contributed by atoms with E-state index in [9.17, 15) is 5.11 Å². The molecular formula is C14H19N3O. The normalized spacial score (nSPS) is 24.5. The maximum absolute atomic E-state index is 9.51. The van der Waals surface area contributed by atoms with Gasteiger partial charge in [-0.1, -0.05) is 6.92 Å². The van der Waals surface area contributed by atoms with Crippen LogP contribution < -0.4 is 5.32 Å². The topological polar surface area (TPSA) is 60.9 Å². The smallest absolute Gasteiger partial charge is 0.117 e. The van der Waals surface area contributed by atoms with E-state index in [0.717, 1.165) is 36.4 Å². The zero-order valence-electron chi connectivity index (χ0n) is 10.7. The van der Waals surface area contributed by atoms with Gasteiger partial charge in [-0.15, -0.1) is 0 Å². The van der Waals surface area contributed by atoms with Crippen LogP contribution in [0.4, 0.5) is 0 Å². The molecule has 1 aromatic heterocycles. The number of rotatable bonds is 2. The van der Waals surface area contributed by atoms with Crippen molar-refractivity contribution in [3.05, 3.63) is 24.0 Å². The van der Waals surface area contributed by atoms with Crippen LogP contribution in [-0.2, 0) is 5.41 Å². The van der Waals surface area contributed by atoms with E-state index in [1.807, 2.05) is 6.07 Å². The zero-order chi connectivity index (χ0) is 12.6. The van der Waals surface area contributed by atoms with Crippen LogP contribution in [0.1, 0.15) is 32.0 Å². The highest BCUT2D eigenvalue weighted by atomic mass is 16.3. The van der Waals surface area contributed by atoms with Crippen molar-refractivity contribution in [3.63, 3.8) is 0 Å². The molecule has 0 aliphatic carbocycles. The van der Waals surface area contributed by atoms with Gasteiger partial charge in [-0.25, -0.2) is 4.98 Å². The van der Waals surface area contributed by atoms with Gasteiger partial charge in [0.05, 0.1) is 11.0 Å². The summed E-state index contributed by atoms with van der Waals surface area (Å²) in [6.45, 7) is 4.30. The molecule has 0 radical (unpaired) electrons. The van der Waals surface area contributed by atoms with Crippen molar-refractivity contribution in [3.8, 4) is 5.75 Å². The quantitative estimate of drug-likeness (QED) is 0.761. The van der Waals surface area contributed by atoms with Crippen LogP contribution in [0.25, 0.3) is 11.0 Å². The fraction of sp³-hybridized carbons (Fsp3) is 0.500. The molecule has 4 heteroatoms. The summed E-state index contributed by atoms with van der Waals surface area (Å²) in [6, 6.07) is 5.29. The Morgan fingerprint density at radius 2 is 2.33 bits per heavy atom. The van der Waals surface area contributed by atoms with Crippen molar-refractivity contribution in [2.24, 2.45) is 0 Å². The van der Waals surface area contributed by atoms with Crippen LogP contribution >= 0.6 is 0 Å². The molecule has 0 bridgehead atoms. The van der Waals surface area contributed by atoms with Crippen molar-refractivity contribution >= 4 is 11.0 Å². The Balaban J connectivity index is 2.06. The third kappa shape index (κ3) is 1.77. The second-order valence-electron chi connectivity index (χ2n) is 5.20. The van der Waals surface area contributed by atoms with Crippen LogP contribution in [0.5, 0.6) is 5.75 Å². The molecule has 1 aliphatic heterocycles. The zero-order valence-corrected chi connectivity index (χ0v) is 10.7. The third-order valence-corrected chi connectivity index (χ3v) is 4.12. The first kappa shape index (κ1) is 11.5. The van der Waals surface area contributed by atoms with Gasteiger partial charge in [0.1, 0.15) is 11.6 Å². The molecule has 1 aliphatic rings. The van der Waals surface area contributed by atoms with Gasteiger partial charge in [-0.2, -0.15) is 0 Å². The van der Waals surface area contributed by atoms with E-state index >= 15 is 0 Å². The highest BCUT2D eigenvalue weighted by molar-refractivity contribution is 5.76. The number of aromatic nitrogens is 2. The molecule has 4 nitrogen and oxygen atoms in total. The summed E-state index contributed by atoms with van der Waals surface area (Å²) in [5, 5.41) is 13.0. The van der Waals surface area contributed by atoms with E-state index in [-0.39, 0.29) is 11.2 Å². The number of piperidine rings is 1. The number of fused-ring (bicyclic) bond motifs is 1. The summed E-state index contributed by atoms with van der Waals surface area (Å²) in [6.07, 6.45) is 3.43. The van der Waals surface area contributed by atoms with Crippen LogP contribution in [0.3, 0.4) is 0 Å². The van der Waals surface area contributed by atoms with Crippen molar-refractivity contribution in [2.75, 3.05) is 13.1 Å². The average Bonchev–Trinajstić information content (AvgIpc) is 2.83. The van der Waals surface area contributed by atoms with Gasteiger partial charge >= 0.3 is 0 Å². The summed E-state index contributed by atoms with van der Waals surface area (Å²) in [5.41, 5.74) is 1.97. The highest BCUT2D eigenvalue weighted by Gasteiger charge is 2.34. The number of nitrogens with one attached hydrogen (secondary N) is 2. The van der Waals surface area contributed by atoms with Gasteiger partial charge < -0.3 is 15.4 Å². The Hall–Kier alpha value is -1.55. The van der Waals surface area contributed by atoms with Gasteiger partial charge in [0.2, 0.25) is 0 Å². The monoisotopic (exact) mass is 245 g/mol. The number of aromatic hydroxyl groups is 1. The van der Waals surface area contributed by atoms with Crippen LogP contribution in [0, 0.1) is 0 Å². The fourth-order valence-electron chi connectivity index (χ4n) is 2.89. The lowest BCUT2D eigenvalue weighted by Gasteiger charge is -2.35. The van der Waals surface area contributed by atoms with Crippen LogP contribution in [0.2, 0.25) is 0 Å². The molecule has 1 fully saturated rings. The van der Waals surface area contributed by atoms with Crippen molar-refractivity contribution < 1.29 is 5.11 Å². The molecule has 0 saturated carbocycles. The number of H-pyrrole nitrogens is 1. The summed E-state index contributed by atoms with van der Waals surface area (Å²) < 4.78 is 0. The lowest BCUT2D eigenvalue weighted by molar-refractivity contribution is 0.290. The Morgan fingerprint density at radius 1 is 1.44 bits per heavy atom. The van der Waals surface area contributed by atoms with E-state index in [1.54, 1.807) is 12.1 Å². The van der Waals surface area contributed by atoms with Gasteiger partial charge in [-0.3, -0.25) is 0 Å². The SMILES string of the molecule is CCC1(c2nc3ccc(O)cc3[nH]2)CCCNC1. The summed E-state index contributed by atoms with van der Waals surface area (Å²) in [5.74, 6) is 1.34.